The number of ether oxygens (including phenoxy) is 6. The monoisotopic (exact) mass is 531 g/mol. The van der Waals surface area contributed by atoms with Gasteiger partial charge in [0.1, 0.15) is 13.3 Å². The third-order valence-electron chi connectivity index (χ3n) is 5.02. The molecule has 1 saturated heterocycles. The molecule has 0 atom stereocenters. The summed E-state index contributed by atoms with van der Waals surface area (Å²) in [4.78, 5) is 19.2. The highest BCUT2D eigenvalue weighted by atomic mass is 19.1. The van der Waals surface area contributed by atoms with Crippen molar-refractivity contribution >= 4 is 11.9 Å². The standard InChI is InChI=1S/C21H38FN9O6/c22-1-3-30-4-6-31(7-5-30)20-26-19(23)27-21(28-20)37-18-17-36-16-15-35-14-13-34-12-11-33-10-9-32-8-2-25-29-24/h1-18H2,(H2,23,26,27,28). The van der Waals surface area contributed by atoms with Crippen molar-refractivity contribution in [3.05, 3.63) is 10.4 Å². The van der Waals surface area contributed by atoms with Gasteiger partial charge in [-0.15, -0.1) is 0 Å². The van der Waals surface area contributed by atoms with Crippen LogP contribution < -0.4 is 15.4 Å². The zero-order valence-electron chi connectivity index (χ0n) is 21.2. The van der Waals surface area contributed by atoms with Crippen molar-refractivity contribution in [3.63, 3.8) is 0 Å². The molecule has 0 spiro atoms. The molecule has 2 N–H and O–H groups in total. The van der Waals surface area contributed by atoms with Gasteiger partial charge in [0.05, 0.1) is 66.1 Å². The second kappa shape index (κ2) is 20.5. The van der Waals surface area contributed by atoms with Crippen LogP contribution >= 0.6 is 0 Å². The fourth-order valence-corrected chi connectivity index (χ4v) is 3.18. The summed E-state index contributed by atoms with van der Waals surface area (Å²) in [5, 5.41) is 3.36. The number of aromatic nitrogens is 3. The topological polar surface area (TPSA) is 175 Å². The molecule has 0 aliphatic carbocycles. The summed E-state index contributed by atoms with van der Waals surface area (Å²) in [6, 6.07) is 0.146. The van der Waals surface area contributed by atoms with E-state index in [4.69, 9.17) is 39.7 Å². The largest absolute Gasteiger partial charge is 0.461 e. The highest BCUT2D eigenvalue weighted by molar-refractivity contribution is 5.36. The van der Waals surface area contributed by atoms with Crippen LogP contribution in [0.25, 0.3) is 10.4 Å². The lowest BCUT2D eigenvalue weighted by Crippen LogP contribution is -2.47. The maximum atomic E-state index is 12.5. The maximum absolute atomic E-state index is 12.5. The van der Waals surface area contributed by atoms with Gasteiger partial charge in [0, 0.05) is 44.2 Å². The van der Waals surface area contributed by atoms with Crippen LogP contribution in [0.1, 0.15) is 0 Å². The fraction of sp³-hybridized carbons (Fsp3) is 0.857. The number of piperazine rings is 1. The molecule has 210 valence electrons. The van der Waals surface area contributed by atoms with Gasteiger partial charge in [0.15, 0.2) is 0 Å². The van der Waals surface area contributed by atoms with Gasteiger partial charge in [-0.25, -0.2) is 4.39 Å². The Morgan fingerprint density at radius 2 is 1.32 bits per heavy atom. The Kier molecular flexibility index (Phi) is 16.9. The molecule has 0 amide bonds. The van der Waals surface area contributed by atoms with E-state index in [0.717, 1.165) is 13.1 Å². The van der Waals surface area contributed by atoms with Crippen molar-refractivity contribution in [2.24, 2.45) is 5.11 Å². The number of alkyl halides is 1. The van der Waals surface area contributed by atoms with Crippen molar-refractivity contribution in [3.8, 4) is 6.01 Å². The van der Waals surface area contributed by atoms with Crippen LogP contribution in [-0.4, -0.2) is 138 Å². The van der Waals surface area contributed by atoms with Gasteiger partial charge in [-0.1, -0.05) is 5.11 Å². The Bertz CT molecular complexity index is 770. The van der Waals surface area contributed by atoms with Crippen LogP contribution in [0.5, 0.6) is 6.01 Å². The van der Waals surface area contributed by atoms with Crippen molar-refractivity contribution in [1.82, 2.24) is 19.9 Å². The van der Waals surface area contributed by atoms with E-state index in [1.165, 1.54) is 0 Å². The molecule has 0 unspecified atom stereocenters. The molecule has 1 aliphatic rings. The maximum Gasteiger partial charge on any atom is 0.323 e. The van der Waals surface area contributed by atoms with Crippen LogP contribution in [0.2, 0.25) is 0 Å². The summed E-state index contributed by atoms with van der Waals surface area (Å²) in [7, 11) is 0. The average Bonchev–Trinajstić information content (AvgIpc) is 2.90. The first-order chi connectivity index (χ1) is 18.2. The molecule has 0 saturated carbocycles. The Labute approximate surface area is 215 Å². The number of hydrogen-bond acceptors (Lipinski definition) is 13. The number of anilines is 2. The van der Waals surface area contributed by atoms with E-state index in [0.29, 0.717) is 98.2 Å². The second-order valence-corrected chi connectivity index (χ2v) is 7.66. The highest BCUT2D eigenvalue weighted by Crippen LogP contribution is 2.15. The molecule has 1 fully saturated rings. The molecule has 1 aromatic rings. The number of nitrogens with zero attached hydrogens (tertiary/aromatic N) is 8. The van der Waals surface area contributed by atoms with Gasteiger partial charge in [-0.05, 0) is 5.53 Å². The van der Waals surface area contributed by atoms with E-state index in [1.807, 2.05) is 4.90 Å². The second-order valence-electron chi connectivity index (χ2n) is 7.66. The van der Waals surface area contributed by atoms with E-state index in [2.05, 4.69) is 29.9 Å². The molecule has 15 nitrogen and oxygen atoms in total. The zero-order chi connectivity index (χ0) is 26.4. The van der Waals surface area contributed by atoms with E-state index in [-0.39, 0.29) is 25.2 Å². The van der Waals surface area contributed by atoms with E-state index < -0.39 is 0 Å². The summed E-state index contributed by atoms with van der Waals surface area (Å²) < 4.78 is 45.0. The molecule has 1 aromatic heterocycles. The Hall–Kier alpha value is -2.59. The minimum Gasteiger partial charge on any atom is -0.461 e. The number of azide groups is 1. The molecular weight excluding hydrogens is 493 g/mol. The predicted octanol–water partition coefficient (Wildman–Crippen LogP) is 0.317. The molecule has 37 heavy (non-hydrogen) atoms. The molecule has 2 rings (SSSR count). The number of hydrogen-bond donors (Lipinski definition) is 1. The van der Waals surface area contributed by atoms with Crippen LogP contribution in [-0.2, 0) is 23.7 Å². The third-order valence-corrected chi connectivity index (χ3v) is 5.02. The first kappa shape index (κ1) is 30.6. The van der Waals surface area contributed by atoms with E-state index in [9.17, 15) is 4.39 Å². The summed E-state index contributed by atoms with van der Waals surface area (Å²) >= 11 is 0. The fourth-order valence-electron chi connectivity index (χ4n) is 3.18. The number of nitrogens with two attached hydrogens (primary N) is 1. The number of nitrogen functional groups attached to an aromatic ring is 1. The minimum absolute atomic E-state index is 0.0854. The predicted molar refractivity (Wildman–Crippen MR) is 132 cm³/mol. The average molecular weight is 532 g/mol. The number of rotatable bonds is 22. The molecule has 0 radical (unpaired) electrons. The van der Waals surface area contributed by atoms with Crippen molar-refractivity contribution in [1.29, 1.82) is 0 Å². The Morgan fingerprint density at radius 1 is 0.784 bits per heavy atom. The van der Waals surface area contributed by atoms with Gasteiger partial charge in [-0.3, -0.25) is 4.90 Å². The van der Waals surface area contributed by atoms with Crippen LogP contribution in [0.3, 0.4) is 0 Å². The quantitative estimate of drug-likeness (QED) is 0.0940. The molecule has 0 bridgehead atoms. The smallest absolute Gasteiger partial charge is 0.323 e. The third kappa shape index (κ3) is 14.7. The molecular formula is C21H38FN9O6. The van der Waals surface area contributed by atoms with Gasteiger partial charge in [-0.2, -0.15) is 15.0 Å². The first-order valence-electron chi connectivity index (χ1n) is 12.3. The first-order valence-corrected chi connectivity index (χ1v) is 12.3. The van der Waals surface area contributed by atoms with Gasteiger partial charge in [0.25, 0.3) is 0 Å². The van der Waals surface area contributed by atoms with Crippen LogP contribution in [0.4, 0.5) is 16.3 Å². The lowest BCUT2D eigenvalue weighted by molar-refractivity contribution is -0.0124. The molecule has 16 heteroatoms. The normalized spacial score (nSPS) is 14.0. The molecule has 0 aromatic carbocycles. The van der Waals surface area contributed by atoms with E-state index in [1.54, 1.807) is 0 Å². The lowest BCUT2D eigenvalue weighted by atomic mass is 10.3. The minimum atomic E-state index is -0.350. The Morgan fingerprint density at radius 3 is 1.86 bits per heavy atom. The SMILES string of the molecule is [N-]=[N+]=NCCOCCOCCOCCOCCOCCOc1nc(N)nc(N2CCN(CCF)CC2)n1. The van der Waals surface area contributed by atoms with Crippen molar-refractivity contribution in [2.75, 3.05) is 129 Å². The summed E-state index contributed by atoms with van der Waals surface area (Å²) in [6.07, 6.45) is 0. The summed E-state index contributed by atoms with van der Waals surface area (Å²) in [5.41, 5.74) is 13.9. The zero-order valence-corrected chi connectivity index (χ0v) is 21.2. The van der Waals surface area contributed by atoms with Crippen LogP contribution in [0.15, 0.2) is 5.11 Å². The molecule has 2 heterocycles. The van der Waals surface area contributed by atoms with Crippen LogP contribution in [0, 0.1) is 0 Å². The summed E-state index contributed by atoms with van der Waals surface area (Å²) in [6.45, 7) is 7.84. The molecule has 1 aliphatic heterocycles. The number of halogens is 1. The van der Waals surface area contributed by atoms with Crippen molar-refractivity contribution in [2.45, 2.75) is 0 Å². The summed E-state index contributed by atoms with van der Waals surface area (Å²) in [5.74, 6) is 0.542. The van der Waals surface area contributed by atoms with Gasteiger partial charge >= 0.3 is 6.01 Å². The Balaban J connectivity index is 1.41. The lowest BCUT2D eigenvalue weighted by Gasteiger charge is -2.34. The van der Waals surface area contributed by atoms with Gasteiger partial charge in [0.2, 0.25) is 11.9 Å². The van der Waals surface area contributed by atoms with Crippen molar-refractivity contribution < 1.29 is 32.8 Å². The van der Waals surface area contributed by atoms with E-state index >= 15 is 0 Å². The van der Waals surface area contributed by atoms with Gasteiger partial charge < -0.3 is 39.1 Å². The highest BCUT2D eigenvalue weighted by Gasteiger charge is 2.20.